The topological polar surface area (TPSA) is 67.2 Å². The van der Waals surface area contributed by atoms with Crippen LogP contribution in [0, 0.1) is 19.7 Å². The lowest BCUT2D eigenvalue weighted by atomic mass is 10.0. The number of nitrogens with zero attached hydrogens (tertiary/aromatic N) is 3. The SMILES string of the molecule is Cc1nn(-c2ccc(F)cc2)c(C)c1C(=O)N1CCC(NC(=O)CCc2ccccc2)CC1. The lowest BCUT2D eigenvalue weighted by Gasteiger charge is -2.32. The molecule has 6 nitrogen and oxygen atoms in total. The molecular formula is C26H29FN4O2. The number of aromatic nitrogens is 2. The summed E-state index contributed by atoms with van der Waals surface area (Å²) in [5.74, 6) is -0.310. The number of nitrogens with one attached hydrogen (secondary N) is 1. The van der Waals surface area contributed by atoms with Crippen molar-refractivity contribution < 1.29 is 14.0 Å². The molecule has 7 heteroatoms. The Balaban J connectivity index is 1.33. The summed E-state index contributed by atoms with van der Waals surface area (Å²) in [5.41, 5.74) is 3.84. The van der Waals surface area contributed by atoms with E-state index in [-0.39, 0.29) is 23.7 Å². The second-order valence-corrected chi connectivity index (χ2v) is 8.55. The molecule has 0 bridgehead atoms. The monoisotopic (exact) mass is 448 g/mol. The number of halogens is 1. The fourth-order valence-corrected chi connectivity index (χ4v) is 4.37. The smallest absolute Gasteiger partial charge is 0.257 e. The molecule has 0 aliphatic carbocycles. The third kappa shape index (κ3) is 5.30. The Morgan fingerprint density at radius 1 is 1.03 bits per heavy atom. The molecule has 0 unspecified atom stereocenters. The number of rotatable bonds is 6. The number of piperidine rings is 1. The van der Waals surface area contributed by atoms with Crippen LogP contribution in [0.15, 0.2) is 54.6 Å². The van der Waals surface area contributed by atoms with Gasteiger partial charge in [-0.2, -0.15) is 5.10 Å². The molecule has 0 spiro atoms. The quantitative estimate of drug-likeness (QED) is 0.620. The number of hydrogen-bond acceptors (Lipinski definition) is 3. The second kappa shape index (κ2) is 9.98. The summed E-state index contributed by atoms with van der Waals surface area (Å²) in [7, 11) is 0. The van der Waals surface area contributed by atoms with Crippen LogP contribution < -0.4 is 5.32 Å². The maximum atomic E-state index is 13.3. The van der Waals surface area contributed by atoms with E-state index in [1.54, 1.807) is 16.8 Å². The third-order valence-corrected chi connectivity index (χ3v) is 6.21. The summed E-state index contributed by atoms with van der Waals surface area (Å²) in [6.45, 7) is 4.85. The van der Waals surface area contributed by atoms with Gasteiger partial charge in [0.1, 0.15) is 5.82 Å². The molecule has 4 rings (SSSR count). The van der Waals surface area contributed by atoms with E-state index < -0.39 is 0 Å². The average Bonchev–Trinajstić information content (AvgIpc) is 3.12. The summed E-state index contributed by atoms with van der Waals surface area (Å²) >= 11 is 0. The highest BCUT2D eigenvalue weighted by molar-refractivity contribution is 5.96. The van der Waals surface area contributed by atoms with E-state index in [1.807, 2.05) is 49.1 Å². The first kappa shape index (κ1) is 22.7. The highest BCUT2D eigenvalue weighted by Crippen LogP contribution is 2.22. The van der Waals surface area contributed by atoms with Crippen LogP contribution in [0.5, 0.6) is 0 Å². The molecule has 2 aromatic carbocycles. The van der Waals surface area contributed by atoms with Gasteiger partial charge < -0.3 is 10.2 Å². The number of likely N-dealkylation sites (tertiary alicyclic amines) is 1. The summed E-state index contributed by atoms with van der Waals surface area (Å²) in [4.78, 5) is 27.4. The van der Waals surface area contributed by atoms with Gasteiger partial charge in [-0.25, -0.2) is 9.07 Å². The summed E-state index contributed by atoms with van der Waals surface area (Å²) in [5, 5.41) is 7.63. The number of benzene rings is 2. The average molecular weight is 449 g/mol. The maximum absolute atomic E-state index is 13.3. The molecule has 3 aromatic rings. The zero-order chi connectivity index (χ0) is 23.4. The highest BCUT2D eigenvalue weighted by Gasteiger charge is 2.28. The van der Waals surface area contributed by atoms with Crippen LogP contribution in [0.2, 0.25) is 0 Å². The van der Waals surface area contributed by atoms with Gasteiger partial charge in [0.15, 0.2) is 0 Å². The molecule has 1 N–H and O–H groups in total. The van der Waals surface area contributed by atoms with Crippen molar-refractivity contribution in [2.24, 2.45) is 0 Å². The molecule has 2 heterocycles. The minimum Gasteiger partial charge on any atom is -0.353 e. The van der Waals surface area contributed by atoms with E-state index in [1.165, 1.54) is 12.1 Å². The zero-order valence-corrected chi connectivity index (χ0v) is 19.1. The van der Waals surface area contributed by atoms with Crippen molar-refractivity contribution in [3.63, 3.8) is 0 Å². The number of carbonyl (C=O) groups is 2. The van der Waals surface area contributed by atoms with Crippen LogP contribution >= 0.6 is 0 Å². The summed E-state index contributed by atoms with van der Waals surface area (Å²) < 4.78 is 15.0. The van der Waals surface area contributed by atoms with Crippen LogP contribution in [-0.2, 0) is 11.2 Å². The van der Waals surface area contributed by atoms with Crippen molar-refractivity contribution in [2.75, 3.05) is 13.1 Å². The van der Waals surface area contributed by atoms with Gasteiger partial charge in [-0.05, 0) is 62.9 Å². The van der Waals surface area contributed by atoms with Gasteiger partial charge in [0, 0.05) is 25.6 Å². The van der Waals surface area contributed by atoms with E-state index in [9.17, 15) is 14.0 Å². The predicted octanol–water partition coefficient (Wildman–Crippen LogP) is 3.98. The predicted molar refractivity (Wildman–Crippen MR) is 125 cm³/mol. The lowest BCUT2D eigenvalue weighted by molar-refractivity contribution is -0.122. The molecule has 1 saturated heterocycles. The molecular weight excluding hydrogens is 419 g/mol. The molecule has 0 radical (unpaired) electrons. The van der Waals surface area contributed by atoms with Crippen LogP contribution in [-0.4, -0.2) is 45.6 Å². The zero-order valence-electron chi connectivity index (χ0n) is 19.1. The van der Waals surface area contributed by atoms with Crippen molar-refractivity contribution >= 4 is 11.8 Å². The molecule has 0 saturated carbocycles. The lowest BCUT2D eigenvalue weighted by Crippen LogP contribution is -2.46. The molecule has 1 aliphatic heterocycles. The minimum atomic E-state index is -0.313. The first-order valence-electron chi connectivity index (χ1n) is 11.4. The molecule has 0 atom stereocenters. The van der Waals surface area contributed by atoms with Crippen molar-refractivity contribution in [1.82, 2.24) is 20.0 Å². The van der Waals surface area contributed by atoms with E-state index in [0.29, 0.717) is 36.5 Å². The minimum absolute atomic E-state index is 0.0489. The highest BCUT2D eigenvalue weighted by atomic mass is 19.1. The Bertz CT molecular complexity index is 1120. The normalized spacial score (nSPS) is 14.3. The Kier molecular flexibility index (Phi) is 6.87. The fourth-order valence-electron chi connectivity index (χ4n) is 4.37. The first-order chi connectivity index (χ1) is 15.9. The number of amides is 2. The fraction of sp³-hybridized carbons (Fsp3) is 0.346. The van der Waals surface area contributed by atoms with E-state index in [0.717, 1.165) is 30.5 Å². The Hall–Kier alpha value is -3.48. The van der Waals surface area contributed by atoms with Crippen LogP contribution in [0.25, 0.3) is 5.69 Å². The third-order valence-electron chi connectivity index (χ3n) is 6.21. The summed E-state index contributed by atoms with van der Waals surface area (Å²) in [6, 6.07) is 16.1. The summed E-state index contributed by atoms with van der Waals surface area (Å²) in [6.07, 6.45) is 2.64. The second-order valence-electron chi connectivity index (χ2n) is 8.55. The van der Waals surface area contributed by atoms with Gasteiger partial charge in [-0.1, -0.05) is 30.3 Å². The number of carbonyl (C=O) groups excluding carboxylic acids is 2. The van der Waals surface area contributed by atoms with Crippen molar-refractivity contribution in [1.29, 1.82) is 0 Å². The van der Waals surface area contributed by atoms with Crippen LogP contribution in [0.3, 0.4) is 0 Å². The van der Waals surface area contributed by atoms with Crippen molar-refractivity contribution in [2.45, 2.75) is 45.6 Å². The van der Waals surface area contributed by atoms with E-state index in [2.05, 4.69) is 10.4 Å². The van der Waals surface area contributed by atoms with Gasteiger partial charge >= 0.3 is 0 Å². The molecule has 172 valence electrons. The molecule has 1 fully saturated rings. The van der Waals surface area contributed by atoms with Gasteiger partial charge in [0.2, 0.25) is 5.91 Å². The van der Waals surface area contributed by atoms with E-state index in [4.69, 9.17) is 0 Å². The van der Waals surface area contributed by atoms with Gasteiger partial charge in [0.25, 0.3) is 5.91 Å². The van der Waals surface area contributed by atoms with Crippen LogP contribution in [0.4, 0.5) is 4.39 Å². The van der Waals surface area contributed by atoms with Crippen molar-refractivity contribution in [3.8, 4) is 5.69 Å². The first-order valence-corrected chi connectivity index (χ1v) is 11.4. The molecule has 2 amide bonds. The van der Waals surface area contributed by atoms with Gasteiger partial charge in [-0.3, -0.25) is 9.59 Å². The Labute approximate surface area is 193 Å². The molecule has 33 heavy (non-hydrogen) atoms. The number of aryl methyl sites for hydroxylation is 2. The van der Waals surface area contributed by atoms with Crippen molar-refractivity contribution in [3.05, 3.63) is 82.9 Å². The Morgan fingerprint density at radius 3 is 2.36 bits per heavy atom. The maximum Gasteiger partial charge on any atom is 0.257 e. The largest absolute Gasteiger partial charge is 0.353 e. The van der Waals surface area contributed by atoms with Gasteiger partial charge in [-0.15, -0.1) is 0 Å². The van der Waals surface area contributed by atoms with Gasteiger partial charge in [0.05, 0.1) is 22.6 Å². The van der Waals surface area contributed by atoms with E-state index >= 15 is 0 Å². The standard InChI is InChI=1S/C26H29FN4O2/c1-18-25(19(2)31(29-18)23-11-9-21(27)10-12-23)26(33)30-16-14-22(15-17-30)28-24(32)13-8-20-6-4-3-5-7-20/h3-7,9-12,22H,8,13-17H2,1-2H3,(H,28,32). The van der Waals surface area contributed by atoms with Crippen LogP contribution in [0.1, 0.15) is 46.6 Å². The Morgan fingerprint density at radius 2 is 1.70 bits per heavy atom. The molecule has 1 aliphatic rings. The molecule has 1 aromatic heterocycles. The number of hydrogen-bond donors (Lipinski definition) is 1.